The monoisotopic (exact) mass is 230 g/mol. The smallest absolute Gasteiger partial charge is 0.0489 e. The fourth-order valence-corrected chi connectivity index (χ4v) is 2.83. The minimum Gasteiger partial charge on any atom is -0.141 e. The first-order chi connectivity index (χ1) is 6.20. The number of halogens is 2. The number of alkyl halides is 1. The van der Waals surface area contributed by atoms with Gasteiger partial charge in [0, 0.05) is 20.5 Å². The lowest BCUT2D eigenvalue weighted by Crippen LogP contribution is -1.78. The molecule has 1 aromatic heterocycles. The maximum Gasteiger partial charge on any atom is 0.0489 e. The summed E-state index contributed by atoms with van der Waals surface area (Å²) in [5.74, 6) is 0.478. The summed E-state index contributed by atoms with van der Waals surface area (Å²) < 4.78 is 1.26. The van der Waals surface area contributed by atoms with Crippen LogP contribution in [0.5, 0.6) is 0 Å². The van der Waals surface area contributed by atoms with Crippen molar-refractivity contribution < 1.29 is 0 Å². The molecular weight excluding hydrogens is 223 g/mol. The molecule has 1 heterocycles. The fourth-order valence-electron chi connectivity index (χ4n) is 1.34. The number of thiophene rings is 1. The molecule has 0 aliphatic rings. The van der Waals surface area contributed by atoms with Crippen LogP contribution in [0.3, 0.4) is 0 Å². The van der Waals surface area contributed by atoms with E-state index in [1.165, 1.54) is 15.0 Å². The predicted molar refractivity (Wildman–Crippen MR) is 61.1 cm³/mol. The highest BCUT2D eigenvalue weighted by atomic mass is 35.5. The first-order valence-corrected chi connectivity index (χ1v) is 5.68. The molecule has 13 heavy (non-hydrogen) atoms. The van der Waals surface area contributed by atoms with Crippen molar-refractivity contribution in [2.45, 2.75) is 12.8 Å². The molecule has 0 N–H and O–H groups in total. The van der Waals surface area contributed by atoms with Crippen molar-refractivity contribution in [1.29, 1.82) is 0 Å². The van der Waals surface area contributed by atoms with E-state index in [0.717, 1.165) is 10.6 Å². The van der Waals surface area contributed by atoms with Crippen molar-refractivity contribution in [1.82, 2.24) is 0 Å². The van der Waals surface area contributed by atoms with Gasteiger partial charge in [-0.1, -0.05) is 11.6 Å². The Morgan fingerprint density at radius 3 is 2.77 bits per heavy atom. The van der Waals surface area contributed by atoms with E-state index in [-0.39, 0.29) is 0 Å². The molecule has 0 bridgehead atoms. The Morgan fingerprint density at radius 1 is 1.31 bits per heavy atom. The summed E-state index contributed by atoms with van der Waals surface area (Å²) in [7, 11) is 0. The van der Waals surface area contributed by atoms with E-state index >= 15 is 0 Å². The summed E-state index contributed by atoms with van der Waals surface area (Å²) in [6.45, 7) is 2.10. The van der Waals surface area contributed by atoms with Gasteiger partial charge in [0.25, 0.3) is 0 Å². The molecule has 0 amide bonds. The molecule has 0 aliphatic heterocycles. The molecule has 0 radical (unpaired) electrons. The van der Waals surface area contributed by atoms with E-state index in [1.54, 1.807) is 11.3 Å². The molecule has 0 spiro atoms. The van der Waals surface area contributed by atoms with Crippen LogP contribution in [-0.2, 0) is 5.88 Å². The number of aryl methyl sites for hydroxylation is 1. The molecule has 0 saturated carbocycles. The van der Waals surface area contributed by atoms with Gasteiger partial charge in [-0.3, -0.25) is 0 Å². The largest absolute Gasteiger partial charge is 0.141 e. The van der Waals surface area contributed by atoms with Gasteiger partial charge in [0.15, 0.2) is 0 Å². The van der Waals surface area contributed by atoms with Crippen molar-refractivity contribution >= 4 is 44.6 Å². The molecule has 1 aromatic carbocycles. The van der Waals surface area contributed by atoms with Crippen molar-refractivity contribution in [3.05, 3.63) is 33.7 Å². The Bertz CT molecular complexity index is 445. The second kappa shape index (κ2) is 3.49. The first-order valence-electron chi connectivity index (χ1n) is 3.95. The van der Waals surface area contributed by atoms with Crippen LogP contribution < -0.4 is 0 Å². The lowest BCUT2D eigenvalue weighted by Gasteiger charge is -1.98. The van der Waals surface area contributed by atoms with E-state index in [2.05, 4.69) is 19.1 Å². The third-order valence-corrected chi connectivity index (χ3v) is 3.61. The number of benzene rings is 1. The minimum atomic E-state index is 0.478. The summed E-state index contributed by atoms with van der Waals surface area (Å²) in [6.07, 6.45) is 0. The summed E-state index contributed by atoms with van der Waals surface area (Å²) in [5, 5.41) is 1.97. The van der Waals surface area contributed by atoms with Gasteiger partial charge < -0.3 is 0 Å². The summed E-state index contributed by atoms with van der Waals surface area (Å²) in [5.41, 5.74) is 1.01. The highest BCUT2D eigenvalue weighted by molar-refractivity contribution is 7.19. The summed E-state index contributed by atoms with van der Waals surface area (Å²) >= 11 is 13.6. The first kappa shape index (κ1) is 9.32. The summed E-state index contributed by atoms with van der Waals surface area (Å²) in [6, 6.07) is 6.20. The molecule has 2 aromatic rings. The third kappa shape index (κ3) is 1.69. The number of rotatable bonds is 1. The maximum atomic E-state index is 6.03. The van der Waals surface area contributed by atoms with E-state index in [4.69, 9.17) is 23.2 Å². The zero-order chi connectivity index (χ0) is 9.42. The molecule has 3 heteroatoms. The number of hydrogen-bond acceptors (Lipinski definition) is 1. The van der Waals surface area contributed by atoms with Gasteiger partial charge in [0.2, 0.25) is 0 Å². The Morgan fingerprint density at radius 2 is 2.08 bits per heavy atom. The Balaban J connectivity index is 2.72. The fraction of sp³-hybridized carbons (Fsp3) is 0.200. The molecule has 0 aliphatic carbocycles. The third-order valence-electron chi connectivity index (χ3n) is 1.95. The van der Waals surface area contributed by atoms with E-state index in [0.29, 0.717) is 5.88 Å². The molecule has 68 valence electrons. The quantitative estimate of drug-likeness (QED) is 0.629. The van der Waals surface area contributed by atoms with Gasteiger partial charge in [-0.05, 0) is 36.1 Å². The number of fused-ring (bicyclic) bond motifs is 1. The van der Waals surface area contributed by atoms with Crippen molar-refractivity contribution in [2.24, 2.45) is 0 Å². The topological polar surface area (TPSA) is 0 Å². The van der Waals surface area contributed by atoms with Crippen LogP contribution in [0.15, 0.2) is 18.2 Å². The minimum absolute atomic E-state index is 0.478. The Labute approximate surface area is 91.1 Å². The van der Waals surface area contributed by atoms with Crippen LogP contribution in [0.4, 0.5) is 0 Å². The van der Waals surface area contributed by atoms with Crippen LogP contribution in [-0.4, -0.2) is 0 Å². The highest BCUT2D eigenvalue weighted by Crippen LogP contribution is 2.30. The van der Waals surface area contributed by atoms with E-state index < -0.39 is 0 Å². The predicted octanol–water partition coefficient (Wildman–Crippen LogP) is 4.60. The van der Waals surface area contributed by atoms with Crippen LogP contribution in [0, 0.1) is 6.92 Å². The summed E-state index contributed by atoms with van der Waals surface area (Å²) in [4.78, 5) is 1.30. The highest BCUT2D eigenvalue weighted by Gasteiger charge is 2.04. The van der Waals surface area contributed by atoms with E-state index in [1.807, 2.05) is 6.07 Å². The molecule has 0 nitrogen and oxygen atoms in total. The van der Waals surface area contributed by atoms with Crippen molar-refractivity contribution in [3.63, 3.8) is 0 Å². The lowest BCUT2D eigenvalue weighted by molar-refractivity contribution is 1.43. The average molecular weight is 231 g/mol. The zero-order valence-corrected chi connectivity index (χ0v) is 9.43. The van der Waals surface area contributed by atoms with Crippen LogP contribution in [0.1, 0.15) is 10.4 Å². The molecular formula is C10H8Cl2S. The average Bonchev–Trinajstić information content (AvgIpc) is 2.42. The number of hydrogen-bond donors (Lipinski definition) is 0. The Hall–Kier alpha value is -0.240. The van der Waals surface area contributed by atoms with Crippen LogP contribution in [0.2, 0.25) is 5.02 Å². The molecule has 0 saturated heterocycles. The zero-order valence-electron chi connectivity index (χ0n) is 7.10. The standard InChI is InChI=1S/C10H8Cl2S/c1-6-2-7-3-9(12)8(5-11)4-10(7)13-6/h2-4H,5H2,1H3. The Kier molecular flexibility index (Phi) is 2.50. The van der Waals surface area contributed by atoms with Crippen LogP contribution >= 0.6 is 34.5 Å². The van der Waals surface area contributed by atoms with Gasteiger partial charge in [-0.25, -0.2) is 0 Å². The SMILES string of the molecule is Cc1cc2cc(Cl)c(CCl)cc2s1. The molecule has 0 fully saturated rings. The van der Waals surface area contributed by atoms with Gasteiger partial charge in [0.05, 0.1) is 0 Å². The normalized spacial score (nSPS) is 11.0. The molecule has 0 atom stereocenters. The maximum absolute atomic E-state index is 6.03. The molecule has 2 rings (SSSR count). The van der Waals surface area contributed by atoms with Crippen molar-refractivity contribution in [2.75, 3.05) is 0 Å². The lowest BCUT2D eigenvalue weighted by atomic mass is 10.2. The van der Waals surface area contributed by atoms with Crippen molar-refractivity contribution in [3.8, 4) is 0 Å². The van der Waals surface area contributed by atoms with E-state index in [9.17, 15) is 0 Å². The molecule has 0 unspecified atom stereocenters. The van der Waals surface area contributed by atoms with Gasteiger partial charge in [0.1, 0.15) is 0 Å². The van der Waals surface area contributed by atoms with Gasteiger partial charge in [-0.2, -0.15) is 0 Å². The van der Waals surface area contributed by atoms with Crippen LogP contribution in [0.25, 0.3) is 10.1 Å². The second-order valence-electron chi connectivity index (χ2n) is 2.97. The van der Waals surface area contributed by atoms with Gasteiger partial charge >= 0.3 is 0 Å². The second-order valence-corrected chi connectivity index (χ2v) is 4.93. The van der Waals surface area contributed by atoms with Gasteiger partial charge in [-0.15, -0.1) is 22.9 Å².